The largest absolute Gasteiger partial charge is 0.493 e. The number of hydrogen-bond acceptors (Lipinski definition) is 5. The van der Waals surface area contributed by atoms with E-state index in [-0.39, 0.29) is 24.0 Å². The highest BCUT2D eigenvalue weighted by atomic mass is 127. The zero-order valence-corrected chi connectivity index (χ0v) is 22.3. The first-order valence-electron chi connectivity index (χ1n) is 11.0. The standard InChI is InChI=1S/C23H40N4O3.HI/c1-17-11-18(2)16-27(15-17)10-8-7-9-25-23(24-3)26-14-19-12-20(28-4)22(30-6)21(13-19)29-5;/h12-13,17-18H,7-11,14-16H2,1-6H3,(H2,24,25,26);1H. The van der Waals surface area contributed by atoms with Crippen molar-refractivity contribution in [3.8, 4) is 17.2 Å². The molecule has 1 aromatic carbocycles. The lowest BCUT2D eigenvalue weighted by Gasteiger charge is -2.34. The van der Waals surface area contributed by atoms with Crippen LogP contribution < -0.4 is 24.8 Å². The quantitative estimate of drug-likeness (QED) is 0.201. The molecule has 1 aliphatic rings. The fourth-order valence-electron chi connectivity index (χ4n) is 4.29. The van der Waals surface area contributed by atoms with Gasteiger partial charge in [0.15, 0.2) is 17.5 Å². The van der Waals surface area contributed by atoms with Crippen LogP contribution in [0.3, 0.4) is 0 Å². The molecule has 1 aliphatic heterocycles. The Kier molecular flexibility index (Phi) is 13.0. The van der Waals surface area contributed by atoms with E-state index in [2.05, 4.69) is 34.4 Å². The molecule has 2 N–H and O–H groups in total. The Hall–Kier alpha value is -1.42. The SMILES string of the molecule is CN=C(NCCCCN1CC(C)CC(C)C1)NCc1cc(OC)c(OC)c(OC)c1.I. The molecule has 0 saturated carbocycles. The molecule has 8 heteroatoms. The van der Waals surface area contributed by atoms with Crippen LogP contribution in [0, 0.1) is 11.8 Å². The van der Waals surface area contributed by atoms with E-state index in [1.165, 1.54) is 32.5 Å². The predicted molar refractivity (Wildman–Crippen MR) is 138 cm³/mol. The molecule has 2 unspecified atom stereocenters. The normalized spacial score (nSPS) is 19.4. The Bertz CT molecular complexity index is 652. The van der Waals surface area contributed by atoms with E-state index in [9.17, 15) is 0 Å². The molecule has 0 aromatic heterocycles. The Morgan fingerprint density at radius 3 is 2.13 bits per heavy atom. The number of nitrogens with zero attached hydrogens (tertiary/aromatic N) is 2. The summed E-state index contributed by atoms with van der Waals surface area (Å²) in [5.74, 6) is 4.35. The van der Waals surface area contributed by atoms with Gasteiger partial charge in [0.2, 0.25) is 5.75 Å². The number of rotatable bonds is 10. The first kappa shape index (κ1) is 27.6. The van der Waals surface area contributed by atoms with Gasteiger partial charge in [0.25, 0.3) is 0 Å². The number of likely N-dealkylation sites (tertiary alicyclic amines) is 1. The van der Waals surface area contributed by atoms with Gasteiger partial charge in [-0.1, -0.05) is 13.8 Å². The molecule has 7 nitrogen and oxygen atoms in total. The summed E-state index contributed by atoms with van der Waals surface area (Å²) in [6, 6.07) is 3.89. The number of ether oxygens (including phenoxy) is 3. The summed E-state index contributed by atoms with van der Waals surface area (Å²) in [4.78, 5) is 6.95. The zero-order valence-electron chi connectivity index (χ0n) is 20.0. The van der Waals surface area contributed by atoms with Crippen molar-refractivity contribution in [1.82, 2.24) is 15.5 Å². The van der Waals surface area contributed by atoms with E-state index in [0.29, 0.717) is 23.8 Å². The van der Waals surface area contributed by atoms with Crippen LogP contribution in [0.15, 0.2) is 17.1 Å². The van der Waals surface area contributed by atoms with Gasteiger partial charge in [0.1, 0.15) is 0 Å². The molecule has 1 heterocycles. The summed E-state index contributed by atoms with van der Waals surface area (Å²) in [5.41, 5.74) is 1.03. The minimum Gasteiger partial charge on any atom is -0.493 e. The summed E-state index contributed by atoms with van der Waals surface area (Å²) in [5, 5.41) is 6.76. The van der Waals surface area contributed by atoms with Crippen LogP contribution in [-0.4, -0.2) is 65.4 Å². The third-order valence-corrected chi connectivity index (χ3v) is 5.55. The highest BCUT2D eigenvalue weighted by Gasteiger charge is 2.21. The molecule has 1 aromatic rings. The molecule has 0 radical (unpaired) electrons. The van der Waals surface area contributed by atoms with Crippen molar-refractivity contribution in [3.05, 3.63) is 17.7 Å². The number of nitrogens with one attached hydrogen (secondary N) is 2. The number of methoxy groups -OCH3 is 3. The lowest BCUT2D eigenvalue weighted by molar-refractivity contribution is 0.139. The summed E-state index contributed by atoms with van der Waals surface area (Å²) in [6.45, 7) is 9.94. The van der Waals surface area contributed by atoms with Gasteiger partial charge in [-0.3, -0.25) is 4.99 Å². The van der Waals surface area contributed by atoms with Crippen LogP contribution in [-0.2, 0) is 6.54 Å². The minimum absolute atomic E-state index is 0. The molecule has 2 atom stereocenters. The van der Waals surface area contributed by atoms with E-state index in [1.807, 2.05) is 12.1 Å². The second kappa shape index (κ2) is 14.6. The van der Waals surface area contributed by atoms with Gasteiger partial charge >= 0.3 is 0 Å². The van der Waals surface area contributed by atoms with Crippen molar-refractivity contribution in [2.45, 2.75) is 39.7 Å². The van der Waals surface area contributed by atoms with Crippen molar-refractivity contribution in [3.63, 3.8) is 0 Å². The topological polar surface area (TPSA) is 67.4 Å². The van der Waals surface area contributed by atoms with Crippen molar-refractivity contribution in [1.29, 1.82) is 0 Å². The molecule has 1 saturated heterocycles. The minimum atomic E-state index is 0. The van der Waals surface area contributed by atoms with E-state index < -0.39 is 0 Å². The van der Waals surface area contributed by atoms with E-state index in [0.717, 1.165) is 36.3 Å². The number of unbranched alkanes of at least 4 members (excludes halogenated alkanes) is 1. The van der Waals surface area contributed by atoms with Gasteiger partial charge in [0, 0.05) is 33.2 Å². The molecular formula is C23H41IN4O3. The second-order valence-corrected chi connectivity index (χ2v) is 8.30. The average Bonchev–Trinajstić information content (AvgIpc) is 2.74. The third kappa shape index (κ3) is 8.92. The predicted octanol–water partition coefficient (Wildman–Crippen LogP) is 3.75. The van der Waals surface area contributed by atoms with Gasteiger partial charge in [-0.05, 0) is 55.3 Å². The molecule has 0 bridgehead atoms. The number of guanidine groups is 1. The van der Waals surface area contributed by atoms with E-state index in [1.54, 1.807) is 28.4 Å². The molecule has 31 heavy (non-hydrogen) atoms. The maximum atomic E-state index is 5.42. The van der Waals surface area contributed by atoms with Gasteiger partial charge < -0.3 is 29.7 Å². The number of benzene rings is 1. The lowest BCUT2D eigenvalue weighted by atomic mass is 9.92. The van der Waals surface area contributed by atoms with Crippen LogP contribution >= 0.6 is 24.0 Å². The lowest BCUT2D eigenvalue weighted by Crippen LogP contribution is -2.40. The molecule has 2 rings (SSSR count). The summed E-state index contributed by atoms with van der Waals surface area (Å²) in [6.07, 6.45) is 3.70. The molecule has 0 spiro atoms. The smallest absolute Gasteiger partial charge is 0.203 e. The molecular weight excluding hydrogens is 507 g/mol. The van der Waals surface area contributed by atoms with Gasteiger partial charge in [-0.15, -0.1) is 24.0 Å². The number of hydrogen-bond donors (Lipinski definition) is 2. The highest BCUT2D eigenvalue weighted by molar-refractivity contribution is 14.0. The molecule has 0 aliphatic carbocycles. The average molecular weight is 549 g/mol. The Balaban J connectivity index is 0.00000480. The van der Waals surface area contributed by atoms with Crippen LogP contribution in [0.4, 0.5) is 0 Å². The first-order valence-corrected chi connectivity index (χ1v) is 11.0. The van der Waals surface area contributed by atoms with Crippen LogP contribution in [0.2, 0.25) is 0 Å². The van der Waals surface area contributed by atoms with Gasteiger partial charge in [-0.25, -0.2) is 0 Å². The first-order chi connectivity index (χ1) is 14.5. The van der Waals surface area contributed by atoms with Crippen molar-refractivity contribution >= 4 is 29.9 Å². The summed E-state index contributed by atoms with van der Waals surface area (Å²) in [7, 11) is 6.65. The summed E-state index contributed by atoms with van der Waals surface area (Å²) < 4.78 is 16.2. The Morgan fingerprint density at radius 1 is 1.00 bits per heavy atom. The second-order valence-electron chi connectivity index (χ2n) is 8.30. The summed E-state index contributed by atoms with van der Waals surface area (Å²) >= 11 is 0. The van der Waals surface area contributed by atoms with Crippen molar-refractivity contribution in [2.24, 2.45) is 16.8 Å². The highest BCUT2D eigenvalue weighted by Crippen LogP contribution is 2.38. The molecule has 178 valence electrons. The number of halogens is 1. The van der Waals surface area contributed by atoms with Gasteiger partial charge in [-0.2, -0.15) is 0 Å². The number of piperidine rings is 1. The number of aliphatic imine (C=N–C) groups is 1. The van der Waals surface area contributed by atoms with E-state index in [4.69, 9.17) is 14.2 Å². The maximum Gasteiger partial charge on any atom is 0.203 e. The van der Waals surface area contributed by atoms with Crippen molar-refractivity contribution in [2.75, 3.05) is 54.6 Å². The van der Waals surface area contributed by atoms with E-state index >= 15 is 0 Å². The van der Waals surface area contributed by atoms with Crippen molar-refractivity contribution < 1.29 is 14.2 Å². The molecule has 0 amide bonds. The zero-order chi connectivity index (χ0) is 21.9. The van der Waals surface area contributed by atoms with Crippen LogP contribution in [0.25, 0.3) is 0 Å². The Labute approximate surface area is 205 Å². The fraction of sp³-hybridized carbons (Fsp3) is 0.696. The third-order valence-electron chi connectivity index (χ3n) is 5.55. The van der Waals surface area contributed by atoms with Crippen LogP contribution in [0.5, 0.6) is 17.2 Å². The monoisotopic (exact) mass is 548 g/mol. The maximum absolute atomic E-state index is 5.42. The van der Waals surface area contributed by atoms with Gasteiger partial charge in [0.05, 0.1) is 21.3 Å². The fourth-order valence-corrected chi connectivity index (χ4v) is 4.29. The molecule has 1 fully saturated rings. The van der Waals surface area contributed by atoms with Crippen LogP contribution in [0.1, 0.15) is 38.7 Å². The Morgan fingerprint density at radius 2 is 1.61 bits per heavy atom.